The van der Waals surface area contributed by atoms with Crippen LogP contribution >= 0.6 is 0 Å². The van der Waals surface area contributed by atoms with Crippen LogP contribution in [0.2, 0.25) is 0 Å². The van der Waals surface area contributed by atoms with E-state index in [1.165, 1.54) is 10.6 Å². The van der Waals surface area contributed by atoms with Gasteiger partial charge in [0.05, 0.1) is 17.8 Å². The Labute approximate surface area is 202 Å². The largest absolute Gasteiger partial charge is 0.478 e. The third-order valence-corrected chi connectivity index (χ3v) is 6.30. The van der Waals surface area contributed by atoms with E-state index >= 15 is 0 Å². The van der Waals surface area contributed by atoms with E-state index in [4.69, 9.17) is 0 Å². The number of aromatic nitrogens is 2. The van der Waals surface area contributed by atoms with Gasteiger partial charge in [0, 0.05) is 6.04 Å². The van der Waals surface area contributed by atoms with E-state index in [0.717, 1.165) is 4.57 Å². The topological polar surface area (TPSA) is 64.2 Å². The van der Waals surface area contributed by atoms with E-state index in [1.807, 2.05) is 13.8 Å². The van der Waals surface area contributed by atoms with Gasteiger partial charge >= 0.3 is 17.8 Å². The molecule has 1 unspecified atom stereocenters. The highest BCUT2D eigenvalue weighted by molar-refractivity contribution is 5.95. The van der Waals surface area contributed by atoms with Crippen molar-refractivity contribution in [2.75, 3.05) is 0 Å². The zero-order valence-corrected chi connectivity index (χ0v) is 20.4. The predicted octanol–water partition coefficient (Wildman–Crippen LogP) is 6.64. The number of rotatable bonds is 9. The first kappa shape index (κ1) is 26.3. The van der Waals surface area contributed by atoms with Gasteiger partial charge in [-0.2, -0.15) is 13.2 Å². The Morgan fingerprint density at radius 2 is 1.66 bits per heavy atom. The van der Waals surface area contributed by atoms with E-state index < -0.39 is 29.6 Å². The molecular formula is C27H31F3N2O3. The lowest BCUT2D eigenvalue weighted by molar-refractivity contribution is -0.145. The molecule has 5 nitrogen and oxygen atoms in total. The van der Waals surface area contributed by atoms with Crippen molar-refractivity contribution in [1.29, 1.82) is 0 Å². The quantitative estimate of drug-likeness (QED) is 0.367. The number of benzene rings is 2. The lowest BCUT2D eigenvalue weighted by Crippen LogP contribution is -2.29. The molecule has 0 spiro atoms. The summed E-state index contributed by atoms with van der Waals surface area (Å²) in [7, 11) is 0. The van der Waals surface area contributed by atoms with Crippen molar-refractivity contribution in [1.82, 2.24) is 9.13 Å². The SMILES string of the molecule is CCC(C)n1c(C(F)(F)F)c(CCC(C)C)n(Cc2ccc(-c3ccccc3C(=O)O)cc2)c1=O. The van der Waals surface area contributed by atoms with Gasteiger partial charge in [-0.15, -0.1) is 0 Å². The van der Waals surface area contributed by atoms with Crippen LogP contribution in [0, 0.1) is 5.92 Å². The fourth-order valence-electron chi connectivity index (χ4n) is 4.24. The van der Waals surface area contributed by atoms with Crippen molar-refractivity contribution in [3.05, 3.63) is 81.5 Å². The molecule has 0 aliphatic carbocycles. The number of hydrogen-bond acceptors (Lipinski definition) is 2. The van der Waals surface area contributed by atoms with Gasteiger partial charge in [-0.05, 0) is 54.9 Å². The number of halogens is 3. The summed E-state index contributed by atoms with van der Waals surface area (Å²) in [4.78, 5) is 24.8. The van der Waals surface area contributed by atoms with Crippen LogP contribution in [0.4, 0.5) is 13.2 Å². The van der Waals surface area contributed by atoms with Gasteiger partial charge in [0.2, 0.25) is 0 Å². The van der Waals surface area contributed by atoms with E-state index in [-0.39, 0.29) is 30.1 Å². The monoisotopic (exact) mass is 488 g/mol. The molecule has 0 aliphatic heterocycles. The highest BCUT2D eigenvalue weighted by Crippen LogP contribution is 2.35. The minimum atomic E-state index is -4.65. The Hall–Kier alpha value is -3.29. The Balaban J connectivity index is 2.07. The van der Waals surface area contributed by atoms with Crippen molar-refractivity contribution < 1.29 is 23.1 Å². The standard InChI is InChI=1S/C27H31F3N2O3/c1-5-18(4)32-24(27(28,29)30)23(15-10-17(2)3)31(26(32)35)16-19-11-13-20(14-12-19)21-8-6-7-9-22(21)25(33)34/h6-9,11-14,17-18H,5,10,15-16H2,1-4H3,(H,33,34). The lowest BCUT2D eigenvalue weighted by atomic mass is 9.98. The summed E-state index contributed by atoms with van der Waals surface area (Å²) >= 11 is 0. The molecule has 188 valence electrons. The highest BCUT2D eigenvalue weighted by Gasteiger charge is 2.41. The summed E-state index contributed by atoms with van der Waals surface area (Å²) in [6.45, 7) is 7.27. The molecule has 3 aromatic rings. The minimum absolute atomic E-state index is 0.000364. The van der Waals surface area contributed by atoms with Crippen LogP contribution in [0.3, 0.4) is 0 Å². The van der Waals surface area contributed by atoms with Crippen molar-refractivity contribution in [2.24, 2.45) is 5.92 Å². The maximum atomic E-state index is 14.2. The normalized spacial score (nSPS) is 12.8. The molecule has 0 fully saturated rings. The van der Waals surface area contributed by atoms with Crippen molar-refractivity contribution >= 4 is 5.97 Å². The van der Waals surface area contributed by atoms with Gasteiger partial charge in [-0.3, -0.25) is 9.13 Å². The van der Waals surface area contributed by atoms with Crippen molar-refractivity contribution in [3.63, 3.8) is 0 Å². The molecule has 35 heavy (non-hydrogen) atoms. The molecule has 0 amide bonds. The van der Waals surface area contributed by atoms with Gasteiger partial charge < -0.3 is 5.11 Å². The molecule has 2 aromatic carbocycles. The Bertz CT molecular complexity index is 1240. The van der Waals surface area contributed by atoms with E-state index in [1.54, 1.807) is 56.3 Å². The van der Waals surface area contributed by atoms with E-state index in [2.05, 4.69) is 0 Å². The Kier molecular flexibility index (Phi) is 7.93. The summed E-state index contributed by atoms with van der Waals surface area (Å²) in [5.74, 6) is -0.864. The predicted molar refractivity (Wildman–Crippen MR) is 130 cm³/mol. The summed E-state index contributed by atoms with van der Waals surface area (Å²) < 4.78 is 44.7. The molecule has 3 rings (SSSR count). The van der Waals surface area contributed by atoms with Gasteiger partial charge in [-0.1, -0.05) is 63.2 Å². The van der Waals surface area contributed by atoms with Crippen molar-refractivity contribution in [2.45, 2.75) is 65.7 Å². The summed E-state index contributed by atoms with van der Waals surface area (Å²) in [5, 5.41) is 9.45. The average Bonchev–Trinajstić information content (AvgIpc) is 3.09. The van der Waals surface area contributed by atoms with Crippen LogP contribution in [0.5, 0.6) is 0 Å². The molecule has 1 N–H and O–H groups in total. The van der Waals surface area contributed by atoms with Crippen LogP contribution in [0.25, 0.3) is 11.1 Å². The third-order valence-electron chi connectivity index (χ3n) is 6.30. The molecule has 0 radical (unpaired) electrons. The number of aromatic carboxylic acids is 1. The molecule has 8 heteroatoms. The Morgan fingerprint density at radius 3 is 2.20 bits per heavy atom. The van der Waals surface area contributed by atoms with Gasteiger partial charge in [-0.25, -0.2) is 9.59 Å². The molecule has 0 saturated carbocycles. The molecule has 0 aliphatic rings. The zero-order chi connectivity index (χ0) is 25.9. The summed E-state index contributed by atoms with van der Waals surface area (Å²) in [5.41, 5.74) is 0.528. The average molecular weight is 489 g/mol. The summed E-state index contributed by atoms with van der Waals surface area (Å²) in [6.07, 6.45) is -3.58. The fourth-order valence-corrected chi connectivity index (χ4v) is 4.24. The number of imidazole rings is 1. The van der Waals surface area contributed by atoms with E-state index in [0.29, 0.717) is 29.5 Å². The maximum absolute atomic E-state index is 14.2. The van der Waals surface area contributed by atoms with Crippen LogP contribution in [-0.2, 0) is 19.1 Å². The van der Waals surface area contributed by atoms with Crippen LogP contribution in [0.1, 0.15) is 73.9 Å². The molecular weight excluding hydrogens is 457 g/mol. The maximum Gasteiger partial charge on any atom is 0.433 e. The third kappa shape index (κ3) is 5.69. The molecule has 1 heterocycles. The molecule has 0 saturated heterocycles. The van der Waals surface area contributed by atoms with Crippen molar-refractivity contribution in [3.8, 4) is 11.1 Å². The lowest BCUT2D eigenvalue weighted by Gasteiger charge is -2.17. The second-order valence-corrected chi connectivity index (χ2v) is 9.27. The fraction of sp³-hybridized carbons (Fsp3) is 0.407. The number of alkyl halides is 3. The number of hydrogen-bond donors (Lipinski definition) is 1. The van der Waals surface area contributed by atoms with Crippen LogP contribution < -0.4 is 5.69 Å². The zero-order valence-electron chi connectivity index (χ0n) is 20.4. The second kappa shape index (κ2) is 10.5. The first-order valence-corrected chi connectivity index (χ1v) is 11.8. The van der Waals surface area contributed by atoms with E-state index in [9.17, 15) is 27.9 Å². The number of carbonyl (C=O) groups is 1. The number of nitrogens with zero attached hydrogens (tertiary/aromatic N) is 2. The number of carboxylic acids is 1. The molecule has 1 aromatic heterocycles. The smallest absolute Gasteiger partial charge is 0.433 e. The van der Waals surface area contributed by atoms with Gasteiger partial charge in [0.15, 0.2) is 0 Å². The van der Waals surface area contributed by atoms with Crippen LogP contribution in [0.15, 0.2) is 53.3 Å². The van der Waals surface area contributed by atoms with Crippen LogP contribution in [-0.4, -0.2) is 20.2 Å². The minimum Gasteiger partial charge on any atom is -0.478 e. The second-order valence-electron chi connectivity index (χ2n) is 9.27. The first-order chi connectivity index (χ1) is 16.5. The first-order valence-electron chi connectivity index (χ1n) is 11.8. The highest BCUT2D eigenvalue weighted by atomic mass is 19.4. The summed E-state index contributed by atoms with van der Waals surface area (Å²) in [6, 6.07) is 12.9. The Morgan fingerprint density at radius 1 is 1.03 bits per heavy atom. The number of carboxylic acid groups (broad SMARTS) is 1. The van der Waals surface area contributed by atoms with Gasteiger partial charge in [0.25, 0.3) is 0 Å². The molecule has 1 atom stereocenters. The molecule has 0 bridgehead atoms. The van der Waals surface area contributed by atoms with Gasteiger partial charge in [0.1, 0.15) is 5.69 Å².